The summed E-state index contributed by atoms with van der Waals surface area (Å²) in [6.07, 6.45) is 1.37. The molecule has 0 spiro atoms. The molecular weight excluding hydrogens is 542 g/mol. The highest BCUT2D eigenvalue weighted by Crippen LogP contribution is 2.41. The Hall–Kier alpha value is -3.01. The highest BCUT2D eigenvalue weighted by Gasteiger charge is 2.54. The number of fused-ring (bicyclic) bond motifs is 1. The van der Waals surface area contributed by atoms with E-state index in [0.29, 0.717) is 5.57 Å². The second kappa shape index (κ2) is 11.2. The smallest absolute Gasteiger partial charge is 0.352 e. The van der Waals surface area contributed by atoms with Gasteiger partial charge in [0.15, 0.2) is 16.6 Å². The number of rotatable bonds is 8. The number of hydrogen-bond donors (Lipinski definition) is 3. The normalized spacial score (nSPS) is 19.4. The molecule has 0 saturated carbocycles. The van der Waals surface area contributed by atoms with Gasteiger partial charge in [0.1, 0.15) is 29.9 Å². The number of oxime groups is 1. The second-order valence-corrected chi connectivity index (χ2v) is 9.81. The van der Waals surface area contributed by atoms with Crippen LogP contribution in [0.15, 0.2) is 44.6 Å². The van der Waals surface area contributed by atoms with Crippen molar-refractivity contribution in [3.63, 3.8) is 0 Å². The lowest BCUT2D eigenvalue weighted by Crippen LogP contribution is -2.71. The van der Waals surface area contributed by atoms with Crippen LogP contribution in [0.3, 0.4) is 0 Å². The quantitative estimate of drug-likeness (QED) is 0.242. The topological polar surface area (TPSA) is 177 Å². The van der Waals surface area contributed by atoms with Gasteiger partial charge in [-0.25, -0.2) is 9.78 Å². The molecule has 4 heterocycles. The number of nitrogens with zero attached hydrogens (tertiary/aromatic N) is 3. The average Bonchev–Trinajstić information content (AvgIpc) is 3.50. The van der Waals surface area contributed by atoms with Gasteiger partial charge in [-0.15, -0.1) is 35.5 Å². The molecule has 186 valence electrons. The number of nitrogens with two attached hydrogens (primary N) is 1. The van der Waals surface area contributed by atoms with E-state index in [0.717, 1.165) is 28.0 Å². The molecule has 2 atom stereocenters. The maximum absolute atomic E-state index is 12.8. The third-order valence-corrected chi connectivity index (χ3v) is 7.77. The minimum Gasteiger partial charge on any atom is -0.477 e. The van der Waals surface area contributed by atoms with E-state index >= 15 is 0 Å². The summed E-state index contributed by atoms with van der Waals surface area (Å²) in [6.45, 7) is 0. The lowest BCUT2D eigenvalue weighted by Gasteiger charge is -2.49. The summed E-state index contributed by atoms with van der Waals surface area (Å²) in [5.41, 5.74) is 5.89. The molecule has 4 rings (SSSR count). The summed E-state index contributed by atoms with van der Waals surface area (Å²) in [7, 11) is 1.26. The molecule has 0 radical (unpaired) electrons. The fourth-order valence-corrected chi connectivity index (χ4v) is 6.14. The highest BCUT2D eigenvalue weighted by molar-refractivity contribution is 8.14. The Morgan fingerprint density at radius 2 is 2.23 bits per heavy atom. The number of aromatic nitrogens is 1. The average molecular weight is 560 g/mol. The molecule has 35 heavy (non-hydrogen) atoms. The number of anilines is 1. The Balaban J connectivity index is 0.00000342. The summed E-state index contributed by atoms with van der Waals surface area (Å²) >= 11 is 3.29. The van der Waals surface area contributed by atoms with Gasteiger partial charge in [-0.05, 0) is 17.7 Å². The molecule has 2 aliphatic heterocycles. The van der Waals surface area contributed by atoms with Crippen LogP contribution in [0.5, 0.6) is 0 Å². The van der Waals surface area contributed by atoms with Crippen LogP contribution in [0.4, 0.5) is 5.13 Å². The molecule has 2 aliphatic rings. The molecule has 2 aromatic heterocycles. The van der Waals surface area contributed by atoms with Crippen LogP contribution in [-0.4, -0.2) is 73.6 Å². The van der Waals surface area contributed by atoms with Crippen LogP contribution >= 0.6 is 47.3 Å². The van der Waals surface area contributed by atoms with Gasteiger partial charge in [-0.3, -0.25) is 19.3 Å². The molecule has 16 heteroatoms. The van der Waals surface area contributed by atoms with Crippen LogP contribution in [0.2, 0.25) is 0 Å². The van der Waals surface area contributed by atoms with Crippen molar-refractivity contribution < 1.29 is 33.5 Å². The lowest BCUT2D eigenvalue weighted by molar-refractivity contribution is -0.150. The first-order valence-electron chi connectivity index (χ1n) is 9.55. The Morgan fingerprint density at radius 3 is 2.83 bits per heavy atom. The number of amides is 2. The van der Waals surface area contributed by atoms with Crippen molar-refractivity contribution in [1.29, 1.82) is 0 Å². The first kappa shape index (κ1) is 26.6. The summed E-state index contributed by atoms with van der Waals surface area (Å²) in [5, 5.41) is 16.8. The maximum Gasteiger partial charge on any atom is 0.352 e. The van der Waals surface area contributed by atoms with E-state index < -0.39 is 29.2 Å². The first-order valence-corrected chi connectivity index (χ1v) is 12.5. The zero-order chi connectivity index (χ0) is 24.4. The Bertz CT molecular complexity index is 1210. The summed E-state index contributed by atoms with van der Waals surface area (Å²) < 4.78 is 5.05. The Labute approximate surface area is 216 Å². The van der Waals surface area contributed by atoms with E-state index in [9.17, 15) is 24.3 Å². The second-order valence-electron chi connectivity index (χ2n) is 6.87. The summed E-state index contributed by atoms with van der Waals surface area (Å²) in [6, 6.07) is 2.13. The predicted molar refractivity (Wildman–Crippen MR) is 133 cm³/mol. The molecule has 0 aromatic carbocycles. The van der Waals surface area contributed by atoms with Crippen molar-refractivity contribution in [2.45, 2.75) is 11.4 Å². The number of thioether (sulfide) groups is 2. The molecular formula is C19H18ClN5O7S3. The number of carbonyl (C=O) groups excluding carboxylic acids is 3. The lowest BCUT2D eigenvalue weighted by atomic mass is 10.0. The number of hydrogen-bond acceptors (Lipinski definition) is 12. The van der Waals surface area contributed by atoms with E-state index in [4.69, 9.17) is 15.0 Å². The molecule has 1 saturated heterocycles. The van der Waals surface area contributed by atoms with Gasteiger partial charge >= 0.3 is 5.97 Å². The molecule has 12 nitrogen and oxygen atoms in total. The van der Waals surface area contributed by atoms with Gasteiger partial charge in [0.2, 0.25) is 0 Å². The van der Waals surface area contributed by atoms with Crippen LogP contribution in [-0.2, 0) is 19.2 Å². The largest absolute Gasteiger partial charge is 0.477 e. The van der Waals surface area contributed by atoms with E-state index in [1.54, 1.807) is 6.07 Å². The summed E-state index contributed by atoms with van der Waals surface area (Å²) in [4.78, 5) is 59.6. The monoisotopic (exact) mass is 559 g/mol. The van der Waals surface area contributed by atoms with Crippen LogP contribution in [0.25, 0.3) is 0 Å². The predicted octanol–water partition coefficient (Wildman–Crippen LogP) is 1.40. The molecule has 0 bridgehead atoms. The number of furan rings is 1. The van der Waals surface area contributed by atoms with Gasteiger partial charge < -0.3 is 25.4 Å². The number of nitrogens with one attached hydrogen (secondary N) is 1. The van der Waals surface area contributed by atoms with E-state index in [-0.39, 0.29) is 57.0 Å². The minimum atomic E-state index is -1.29. The number of aliphatic carboxylic acids is 1. The molecule has 4 N–H and O–H groups in total. The van der Waals surface area contributed by atoms with Crippen molar-refractivity contribution in [3.05, 3.63) is 46.5 Å². The number of halogens is 1. The third-order valence-electron chi connectivity index (χ3n) is 4.80. The third kappa shape index (κ3) is 5.32. The first-order chi connectivity index (χ1) is 16.3. The van der Waals surface area contributed by atoms with Crippen molar-refractivity contribution >= 4 is 81.0 Å². The van der Waals surface area contributed by atoms with Crippen molar-refractivity contribution in [2.24, 2.45) is 5.16 Å². The highest BCUT2D eigenvalue weighted by atomic mass is 35.5. The number of nitrogen functional groups attached to an aromatic ring is 1. The van der Waals surface area contributed by atoms with Crippen molar-refractivity contribution in [1.82, 2.24) is 15.2 Å². The molecule has 1 fully saturated rings. The number of β-lactam (4-membered cyclic amide) rings is 1. The number of carboxylic acid groups (broad SMARTS) is 1. The van der Waals surface area contributed by atoms with Gasteiger partial charge in [-0.2, -0.15) is 0 Å². The van der Waals surface area contributed by atoms with Crippen molar-refractivity contribution in [2.75, 3.05) is 24.3 Å². The van der Waals surface area contributed by atoms with Gasteiger partial charge in [0, 0.05) is 16.9 Å². The zero-order valence-corrected chi connectivity index (χ0v) is 21.1. The minimum absolute atomic E-state index is 0. The van der Waals surface area contributed by atoms with Crippen LogP contribution in [0.1, 0.15) is 16.2 Å². The zero-order valence-electron chi connectivity index (χ0n) is 17.8. The Kier molecular flexibility index (Phi) is 8.47. The number of thiazole rings is 1. The standard InChI is InChI=1S/C19H17N5O7S3.ClH/c1-30-23-11(9-7-34-19(20)21-9)14(25)22-12-15(26)24-13(17(27)28)8(5-32-16(12)24)6-33-18(29)10-3-2-4-31-10;/h2-4,7,12,16H,5-6H2,1H3,(H2,20,21)(H,22,25)(H,27,28);1H/b23-11+;/t12-,16+;/m1./s1. The fraction of sp³-hybridized carbons (Fsp3) is 0.263. The van der Waals surface area contributed by atoms with Crippen LogP contribution < -0.4 is 11.1 Å². The van der Waals surface area contributed by atoms with E-state index in [1.165, 1.54) is 36.6 Å². The molecule has 2 aromatic rings. The maximum atomic E-state index is 12.8. The number of carboxylic acids is 1. The van der Waals surface area contributed by atoms with E-state index in [1.807, 2.05) is 0 Å². The summed E-state index contributed by atoms with van der Waals surface area (Å²) in [5.74, 6) is -2.08. The SMILES string of the molecule is CO/N=C(/C(=O)N[C@@H]1C(=O)N2C(C(=O)O)=C(CSC(=O)c3ccco3)CS[C@@H]12)c1csc(N)n1.Cl. The van der Waals surface area contributed by atoms with E-state index in [2.05, 4.69) is 15.5 Å². The Morgan fingerprint density at radius 1 is 1.46 bits per heavy atom. The fourth-order valence-electron chi connectivity index (χ4n) is 3.31. The molecule has 0 unspecified atom stereocenters. The van der Waals surface area contributed by atoms with Gasteiger partial charge in [0.25, 0.3) is 16.9 Å². The van der Waals surface area contributed by atoms with Crippen LogP contribution in [0, 0.1) is 0 Å². The molecule has 2 amide bonds. The number of carbonyl (C=O) groups is 4. The molecule has 0 aliphatic carbocycles. The van der Waals surface area contributed by atoms with Crippen molar-refractivity contribution in [3.8, 4) is 0 Å². The van der Waals surface area contributed by atoms with Gasteiger partial charge in [-0.1, -0.05) is 16.9 Å². The van der Waals surface area contributed by atoms with Gasteiger partial charge in [0.05, 0.1) is 6.26 Å².